The average molecular weight is 176 g/mol. The van der Waals surface area contributed by atoms with Crippen molar-refractivity contribution in [2.45, 2.75) is 0 Å². The molecule has 0 amide bonds. The Labute approximate surface area is 69.8 Å². The van der Waals surface area contributed by atoms with E-state index in [1.54, 1.807) is 0 Å². The van der Waals surface area contributed by atoms with Gasteiger partial charge >= 0.3 is 0 Å². The van der Waals surface area contributed by atoms with Gasteiger partial charge in [0.05, 0.1) is 6.61 Å². The van der Waals surface area contributed by atoms with Gasteiger partial charge in [-0.25, -0.2) is 0 Å². The van der Waals surface area contributed by atoms with Crippen molar-refractivity contribution in [2.75, 3.05) is 13.2 Å². The molecule has 0 aliphatic rings. The molecule has 7 heavy (non-hydrogen) atoms. The van der Waals surface area contributed by atoms with Crippen LogP contribution in [0.5, 0.6) is 0 Å². The minimum atomic E-state index is 0. The van der Waals surface area contributed by atoms with E-state index < -0.39 is 0 Å². The van der Waals surface area contributed by atoms with E-state index in [0.717, 1.165) is 0 Å². The predicted molar refractivity (Wildman–Crippen MR) is 24.5 cm³/mol. The van der Waals surface area contributed by atoms with Crippen LogP contribution in [0.2, 0.25) is 0 Å². The monoisotopic (exact) mass is 176 g/mol. The Kier molecular flexibility index (Phi) is 10.9. The zero-order valence-electron chi connectivity index (χ0n) is 4.30. The molecule has 0 aromatic carbocycles. The van der Waals surface area contributed by atoms with E-state index in [-0.39, 0.29) is 39.3 Å². The third kappa shape index (κ3) is 10.9. The van der Waals surface area contributed by atoms with Gasteiger partial charge in [-0.15, -0.1) is 0 Å². The van der Waals surface area contributed by atoms with Crippen LogP contribution < -0.4 is 0 Å². The number of hydrogen-bond acceptors (Lipinski definition) is 2. The Morgan fingerprint density at radius 3 is 1.86 bits per heavy atom. The van der Waals surface area contributed by atoms with Crippen molar-refractivity contribution in [1.29, 1.82) is 0 Å². The molecular weight excluding hydrogens is 167 g/mol. The van der Waals surface area contributed by atoms with Crippen LogP contribution in [0.4, 0.5) is 0 Å². The van der Waals surface area contributed by atoms with Crippen LogP contribution in [-0.2, 0) is 32.7 Å². The van der Waals surface area contributed by atoms with Crippen molar-refractivity contribution >= 4 is 0 Å². The van der Waals surface area contributed by atoms with Crippen LogP contribution >= 0.6 is 0 Å². The maximum absolute atomic E-state index is 8.12. The van der Waals surface area contributed by atoms with Gasteiger partial charge in [0.15, 0.2) is 0 Å². The Balaban J connectivity index is 0. The number of nitrogens with zero attached hydrogens (tertiary/aromatic N) is 1. The summed E-state index contributed by atoms with van der Waals surface area (Å²) < 4.78 is 0. The maximum Gasteiger partial charge on any atom is 0.0512 e. The van der Waals surface area contributed by atoms with Crippen molar-refractivity contribution in [2.24, 2.45) is 0 Å². The van der Waals surface area contributed by atoms with Gasteiger partial charge in [-0.05, 0) is 6.54 Å². The van der Waals surface area contributed by atoms with Gasteiger partial charge in [0.2, 0.25) is 0 Å². The topological polar surface area (TPSA) is 23.5 Å². The van der Waals surface area contributed by atoms with E-state index in [9.17, 15) is 0 Å². The molecule has 0 aromatic heterocycles. The van der Waals surface area contributed by atoms with Crippen LogP contribution in [0.25, 0.3) is 0 Å². The second-order valence-corrected chi connectivity index (χ2v) is 1.12. The van der Waals surface area contributed by atoms with Gasteiger partial charge in [0.25, 0.3) is 0 Å². The molecule has 0 heterocycles. The molecule has 0 spiro atoms. The van der Waals surface area contributed by atoms with Gasteiger partial charge in [-0.3, -0.25) is 0 Å². The molecule has 0 aliphatic carbocycles. The fourth-order valence-corrected chi connectivity index (χ4v) is 0.141. The molecular formula is C4H9NOY-2. The first-order valence-corrected chi connectivity index (χ1v) is 1.76. The van der Waals surface area contributed by atoms with Crippen molar-refractivity contribution in [3.63, 3.8) is 0 Å². The first kappa shape index (κ1) is 10.9. The molecule has 0 saturated carbocycles. The second kappa shape index (κ2) is 7.02. The van der Waals surface area contributed by atoms with Crippen molar-refractivity contribution in [1.82, 2.24) is 4.90 Å². The van der Waals surface area contributed by atoms with E-state index in [0.29, 0.717) is 6.54 Å². The molecule has 1 radical (unpaired) electrons. The summed E-state index contributed by atoms with van der Waals surface area (Å²) in [5.74, 6) is 0. The first-order valence-electron chi connectivity index (χ1n) is 1.76. The van der Waals surface area contributed by atoms with Gasteiger partial charge in [0, 0.05) is 32.7 Å². The van der Waals surface area contributed by atoms with Crippen LogP contribution in [-0.4, -0.2) is 23.2 Å². The maximum atomic E-state index is 8.12. The molecule has 0 bridgehead atoms. The van der Waals surface area contributed by atoms with Crippen molar-refractivity contribution in [3.8, 4) is 0 Å². The Hall–Kier alpha value is 1.02. The largest absolute Gasteiger partial charge is 0.609 e. The van der Waals surface area contributed by atoms with Gasteiger partial charge in [-0.2, -0.15) is 0 Å². The number of aliphatic hydroxyl groups is 1. The molecule has 0 atom stereocenters. The summed E-state index contributed by atoms with van der Waals surface area (Å²) >= 11 is 0. The summed E-state index contributed by atoms with van der Waals surface area (Å²) in [5, 5.41) is 8.12. The summed E-state index contributed by atoms with van der Waals surface area (Å²) in [4.78, 5) is 1.43. The molecule has 0 unspecified atom stereocenters. The quantitative estimate of drug-likeness (QED) is 0.592. The van der Waals surface area contributed by atoms with E-state index in [2.05, 4.69) is 14.1 Å². The summed E-state index contributed by atoms with van der Waals surface area (Å²) in [7, 11) is 6.78. The fourth-order valence-electron chi connectivity index (χ4n) is 0.141. The Bertz CT molecular complexity index is 32.9. The molecule has 3 heteroatoms. The van der Waals surface area contributed by atoms with E-state index >= 15 is 0 Å². The molecule has 0 saturated heterocycles. The first-order chi connectivity index (χ1) is 2.77. The molecule has 2 nitrogen and oxygen atoms in total. The molecule has 0 rings (SSSR count). The van der Waals surface area contributed by atoms with E-state index in [1.807, 2.05) is 0 Å². The smallest absolute Gasteiger partial charge is 0.0512 e. The summed E-state index contributed by atoms with van der Waals surface area (Å²) in [6.07, 6.45) is 0. The molecule has 41 valence electrons. The minimum absolute atomic E-state index is 0. The molecule has 0 aliphatic heterocycles. The van der Waals surface area contributed by atoms with Gasteiger partial charge in [0.1, 0.15) is 0 Å². The fraction of sp³-hybridized carbons (Fsp3) is 0.500. The predicted octanol–water partition coefficient (Wildman–Crippen LogP) is -0.139. The van der Waals surface area contributed by atoms with E-state index in [1.165, 1.54) is 4.90 Å². The number of aliphatic hydroxyl groups excluding tert-OH is 1. The average Bonchev–Trinajstić information content (AvgIpc) is 1.35. The third-order valence-electron chi connectivity index (χ3n) is 0.416. The Morgan fingerprint density at radius 1 is 1.43 bits per heavy atom. The second-order valence-electron chi connectivity index (χ2n) is 1.12. The summed E-state index contributed by atoms with van der Waals surface area (Å²) in [5.41, 5.74) is 0. The van der Waals surface area contributed by atoms with Crippen LogP contribution in [0.15, 0.2) is 0 Å². The minimum Gasteiger partial charge on any atom is -0.609 e. The van der Waals surface area contributed by atoms with Gasteiger partial charge in [-0.1, -0.05) is 0 Å². The van der Waals surface area contributed by atoms with Crippen LogP contribution in [0.1, 0.15) is 0 Å². The van der Waals surface area contributed by atoms with Crippen LogP contribution in [0.3, 0.4) is 0 Å². The SMILES string of the molecule is [CH2-]N([CH2-])CCO.[Y]. The van der Waals surface area contributed by atoms with Crippen molar-refractivity contribution < 1.29 is 37.8 Å². The normalized spacial score (nSPS) is 8.57. The van der Waals surface area contributed by atoms with E-state index in [4.69, 9.17) is 5.11 Å². The van der Waals surface area contributed by atoms with Crippen LogP contribution in [0, 0.1) is 14.1 Å². The summed E-state index contributed by atoms with van der Waals surface area (Å²) in [6.45, 7) is 0.674. The molecule has 0 aromatic rings. The zero-order valence-corrected chi connectivity index (χ0v) is 7.14. The summed E-state index contributed by atoms with van der Waals surface area (Å²) in [6, 6.07) is 0. The van der Waals surface area contributed by atoms with Crippen molar-refractivity contribution in [3.05, 3.63) is 14.1 Å². The Morgan fingerprint density at radius 2 is 1.86 bits per heavy atom. The molecule has 0 fully saturated rings. The zero-order chi connectivity index (χ0) is 4.99. The number of hydrogen-bond donors (Lipinski definition) is 1. The third-order valence-corrected chi connectivity index (χ3v) is 0.416. The molecule has 1 N–H and O–H groups in total. The standard InChI is InChI=1S/C4H9NO.Y/c1-5(2)3-4-6;/h6H,1-4H2;/q-2;. The number of rotatable bonds is 2. The van der Waals surface area contributed by atoms with Gasteiger partial charge < -0.3 is 24.1 Å².